The number of carbonyl (C=O) groups is 1. The van der Waals surface area contributed by atoms with Crippen LogP contribution in [0.5, 0.6) is 5.75 Å². The largest absolute Gasteiger partial charge is 0.426 e. The zero-order valence-electron chi connectivity index (χ0n) is 15.9. The molecule has 0 aliphatic rings. The quantitative estimate of drug-likeness (QED) is 0.124. The smallest absolute Gasteiger partial charge is 0.315 e. The fourth-order valence-corrected chi connectivity index (χ4v) is 5.83. The highest BCUT2D eigenvalue weighted by atomic mass is 35.5. The number of esters is 1. The third-order valence-corrected chi connectivity index (χ3v) is 7.95. The van der Waals surface area contributed by atoms with E-state index in [2.05, 4.69) is 5.32 Å². The predicted molar refractivity (Wildman–Crippen MR) is 134 cm³/mol. The zero-order chi connectivity index (χ0) is 21.8. The molecular formula is C23H15Cl2NO2S3. The number of carbonyl (C=O) groups excluding carboxylic acids is 1. The fourth-order valence-electron chi connectivity index (χ4n) is 2.93. The Morgan fingerprint density at radius 2 is 1.65 bits per heavy atom. The molecule has 0 spiro atoms. The van der Waals surface area contributed by atoms with E-state index in [1.54, 1.807) is 51.0 Å². The molecule has 4 aromatic rings. The number of ether oxygens (including phenoxy) is 1. The lowest BCUT2D eigenvalue weighted by molar-refractivity contribution is -0.133. The number of rotatable bonds is 6. The molecule has 4 rings (SSSR count). The van der Waals surface area contributed by atoms with E-state index in [1.807, 2.05) is 42.5 Å². The molecule has 156 valence electrons. The maximum absolute atomic E-state index is 12.6. The van der Waals surface area contributed by atoms with Gasteiger partial charge in [-0.15, -0.1) is 0 Å². The highest BCUT2D eigenvalue weighted by Crippen LogP contribution is 2.34. The number of anilines is 2. The summed E-state index contributed by atoms with van der Waals surface area (Å²) in [6, 6.07) is 22.1. The average Bonchev–Trinajstić information content (AvgIpc) is 3.19. The molecule has 0 aliphatic heterocycles. The van der Waals surface area contributed by atoms with Gasteiger partial charge < -0.3 is 10.1 Å². The lowest BCUT2D eigenvalue weighted by Gasteiger charge is -2.14. The minimum atomic E-state index is -0.363. The molecule has 0 saturated heterocycles. The van der Waals surface area contributed by atoms with E-state index in [9.17, 15) is 4.79 Å². The summed E-state index contributed by atoms with van der Waals surface area (Å²) >= 11 is 17.7. The summed E-state index contributed by atoms with van der Waals surface area (Å²) in [6.07, 6.45) is 0.0961. The van der Waals surface area contributed by atoms with Crippen molar-refractivity contribution in [1.82, 2.24) is 0 Å². The fraction of sp³-hybridized carbons (Fsp3) is 0.0435. The van der Waals surface area contributed by atoms with E-state index in [1.165, 1.54) is 0 Å². The van der Waals surface area contributed by atoms with Crippen LogP contribution in [-0.2, 0) is 11.2 Å². The van der Waals surface area contributed by atoms with Gasteiger partial charge in [0.2, 0.25) is 0 Å². The summed E-state index contributed by atoms with van der Waals surface area (Å²) in [4.78, 5) is 13.7. The van der Waals surface area contributed by atoms with Crippen LogP contribution in [0.4, 0.5) is 11.4 Å². The predicted octanol–water partition coefficient (Wildman–Crippen LogP) is 8.40. The standard InChI is InChI=1S/C23H15Cl2NO2S3/c24-17-5-3-6-18(25)23(17)26-19-7-2-1-4-15(19)12-21(27)28-16-10-8-14(9-11-16)20-13-22(29)31-30-20/h1-11,13,26H,12H2. The van der Waals surface area contributed by atoms with Crippen LogP contribution in [0.25, 0.3) is 10.4 Å². The molecule has 0 saturated carbocycles. The molecule has 0 aliphatic carbocycles. The molecule has 3 nitrogen and oxygen atoms in total. The molecule has 1 aromatic heterocycles. The Balaban J connectivity index is 1.46. The first kappa shape index (κ1) is 22.0. The van der Waals surface area contributed by atoms with Crippen molar-refractivity contribution in [2.24, 2.45) is 0 Å². The minimum Gasteiger partial charge on any atom is -0.426 e. The molecule has 0 unspecified atom stereocenters. The first-order chi connectivity index (χ1) is 15.0. The topological polar surface area (TPSA) is 38.3 Å². The van der Waals surface area contributed by atoms with Crippen molar-refractivity contribution in [2.45, 2.75) is 6.42 Å². The second kappa shape index (κ2) is 9.94. The van der Waals surface area contributed by atoms with Crippen LogP contribution in [0.3, 0.4) is 0 Å². The average molecular weight is 504 g/mol. The van der Waals surface area contributed by atoms with Gasteiger partial charge in [-0.25, -0.2) is 0 Å². The van der Waals surface area contributed by atoms with Crippen molar-refractivity contribution in [3.05, 3.63) is 92.2 Å². The highest BCUT2D eigenvalue weighted by Gasteiger charge is 2.13. The summed E-state index contributed by atoms with van der Waals surface area (Å²) in [6.45, 7) is 0. The van der Waals surface area contributed by atoms with Gasteiger partial charge in [-0.05, 0) is 59.7 Å². The van der Waals surface area contributed by atoms with E-state index in [-0.39, 0.29) is 12.4 Å². The number of halogens is 2. The first-order valence-electron chi connectivity index (χ1n) is 9.20. The third kappa shape index (κ3) is 5.53. The van der Waals surface area contributed by atoms with Crippen molar-refractivity contribution in [3.8, 4) is 16.2 Å². The summed E-state index contributed by atoms with van der Waals surface area (Å²) in [5, 5.41) is 4.23. The molecule has 0 radical (unpaired) electrons. The van der Waals surface area contributed by atoms with Gasteiger partial charge in [0.25, 0.3) is 0 Å². The Kier molecular flexibility index (Phi) is 7.05. The molecule has 0 amide bonds. The SMILES string of the molecule is O=C(Cc1ccccc1Nc1c(Cl)cccc1Cl)Oc1ccc(-c2cc(=S)ss2)cc1. The summed E-state index contributed by atoms with van der Waals surface area (Å²) in [5.41, 5.74) is 3.16. The maximum Gasteiger partial charge on any atom is 0.315 e. The molecule has 1 heterocycles. The van der Waals surface area contributed by atoms with Gasteiger partial charge in [-0.3, -0.25) is 4.79 Å². The van der Waals surface area contributed by atoms with Crippen LogP contribution in [-0.4, -0.2) is 5.97 Å². The number of para-hydroxylation sites is 2. The second-order valence-corrected chi connectivity index (χ2v) is 10.3. The number of hydrogen-bond donors (Lipinski definition) is 1. The molecule has 0 atom stereocenters. The second-order valence-electron chi connectivity index (χ2n) is 6.55. The Labute approximate surface area is 202 Å². The normalized spacial score (nSPS) is 10.6. The summed E-state index contributed by atoms with van der Waals surface area (Å²) in [7, 11) is 3.20. The van der Waals surface area contributed by atoms with Crippen LogP contribution in [0, 0.1) is 3.82 Å². The van der Waals surface area contributed by atoms with Crippen LogP contribution in [0.1, 0.15) is 5.56 Å². The van der Waals surface area contributed by atoms with Crippen LogP contribution in [0.15, 0.2) is 72.8 Å². The van der Waals surface area contributed by atoms with Crippen molar-refractivity contribution >= 4 is 73.4 Å². The lowest BCUT2D eigenvalue weighted by Crippen LogP contribution is -2.12. The van der Waals surface area contributed by atoms with Crippen LogP contribution >= 0.6 is 56.1 Å². The third-order valence-electron chi connectivity index (χ3n) is 4.41. The Morgan fingerprint density at radius 1 is 0.935 bits per heavy atom. The van der Waals surface area contributed by atoms with Crippen molar-refractivity contribution in [1.29, 1.82) is 0 Å². The highest BCUT2D eigenvalue weighted by molar-refractivity contribution is 7.80. The van der Waals surface area contributed by atoms with Crippen molar-refractivity contribution in [3.63, 3.8) is 0 Å². The lowest BCUT2D eigenvalue weighted by atomic mass is 10.1. The van der Waals surface area contributed by atoms with Gasteiger partial charge in [0.05, 0.1) is 22.2 Å². The van der Waals surface area contributed by atoms with Crippen LogP contribution < -0.4 is 10.1 Å². The monoisotopic (exact) mass is 503 g/mol. The van der Waals surface area contributed by atoms with E-state index in [0.717, 1.165) is 25.5 Å². The Hall–Kier alpha value is -2.22. The van der Waals surface area contributed by atoms with E-state index >= 15 is 0 Å². The van der Waals surface area contributed by atoms with Crippen LogP contribution in [0.2, 0.25) is 10.0 Å². The zero-order valence-corrected chi connectivity index (χ0v) is 19.9. The molecule has 31 heavy (non-hydrogen) atoms. The van der Waals surface area contributed by atoms with Crippen molar-refractivity contribution < 1.29 is 9.53 Å². The molecule has 0 fully saturated rings. The number of benzene rings is 3. The van der Waals surface area contributed by atoms with Crippen molar-refractivity contribution in [2.75, 3.05) is 5.32 Å². The summed E-state index contributed by atoms with van der Waals surface area (Å²) < 4.78 is 6.40. The Bertz CT molecular complexity index is 1260. The Morgan fingerprint density at radius 3 is 2.32 bits per heavy atom. The van der Waals surface area contributed by atoms with Gasteiger partial charge in [-0.2, -0.15) is 0 Å². The minimum absolute atomic E-state index is 0.0961. The van der Waals surface area contributed by atoms with E-state index in [0.29, 0.717) is 21.5 Å². The molecule has 0 bridgehead atoms. The molecule has 8 heteroatoms. The molecular weight excluding hydrogens is 489 g/mol. The van der Waals surface area contributed by atoms with Gasteiger partial charge in [0.1, 0.15) is 9.57 Å². The van der Waals surface area contributed by atoms with E-state index < -0.39 is 0 Å². The van der Waals surface area contributed by atoms with Gasteiger partial charge in [0, 0.05) is 10.6 Å². The maximum atomic E-state index is 12.6. The summed E-state index contributed by atoms with van der Waals surface area (Å²) in [5.74, 6) is 0.130. The number of hydrogen-bond acceptors (Lipinski definition) is 6. The molecule has 3 aromatic carbocycles. The van der Waals surface area contributed by atoms with E-state index in [4.69, 9.17) is 40.2 Å². The van der Waals surface area contributed by atoms with Gasteiger partial charge >= 0.3 is 5.97 Å². The van der Waals surface area contributed by atoms with Gasteiger partial charge in [0.15, 0.2) is 0 Å². The first-order valence-corrected chi connectivity index (χ1v) is 12.5. The number of nitrogens with one attached hydrogen (secondary N) is 1. The molecule has 1 N–H and O–H groups in total. The van der Waals surface area contributed by atoms with Gasteiger partial charge in [-0.1, -0.05) is 80.4 Å².